The summed E-state index contributed by atoms with van der Waals surface area (Å²) in [6.45, 7) is 0.906. The lowest BCUT2D eigenvalue weighted by atomic mass is 9.87. The van der Waals surface area contributed by atoms with Crippen LogP contribution in [0.25, 0.3) is 0 Å². The summed E-state index contributed by atoms with van der Waals surface area (Å²) in [6, 6.07) is 2.12. The van der Waals surface area contributed by atoms with Gasteiger partial charge in [0.2, 0.25) is 0 Å². The molecule has 0 radical (unpaired) electrons. The van der Waals surface area contributed by atoms with Crippen molar-refractivity contribution in [2.75, 3.05) is 6.61 Å². The minimum atomic E-state index is 0.0512. The van der Waals surface area contributed by atoms with Crippen molar-refractivity contribution in [3.05, 3.63) is 20.8 Å². The number of rotatable bonds is 2. The fourth-order valence-corrected chi connectivity index (χ4v) is 5.27. The Bertz CT molecular complexity index is 501. The summed E-state index contributed by atoms with van der Waals surface area (Å²) in [7, 11) is 0. The van der Waals surface area contributed by atoms with Gasteiger partial charge in [-0.15, -0.1) is 11.3 Å². The Balaban J connectivity index is 1.51. The van der Waals surface area contributed by atoms with E-state index in [1.165, 1.54) is 24.2 Å². The number of hydrogen-bond donors (Lipinski definition) is 1. The molecule has 1 aliphatic heterocycles. The van der Waals surface area contributed by atoms with Crippen LogP contribution in [0.15, 0.2) is 15.9 Å². The standard InChI is InChI=1S/C13H14BrNO2S/c14-8-3-10(18-5-8)13(16)15-11-6-1-7-4-17-12(11)9(7)2-6/h3,5-7,9,11-12H,1-2,4H2,(H,15,16). The first-order valence-corrected chi connectivity index (χ1v) is 8.06. The quantitative estimate of drug-likeness (QED) is 0.906. The van der Waals surface area contributed by atoms with Gasteiger partial charge in [-0.25, -0.2) is 0 Å². The molecule has 0 spiro atoms. The number of ether oxygens (including phenoxy) is 1. The molecule has 3 nitrogen and oxygen atoms in total. The van der Waals surface area contributed by atoms with Crippen LogP contribution in [-0.2, 0) is 4.74 Å². The molecule has 1 aromatic rings. The van der Waals surface area contributed by atoms with Gasteiger partial charge in [0.05, 0.1) is 23.6 Å². The number of nitrogens with one attached hydrogen (secondary N) is 1. The fourth-order valence-electron chi connectivity index (χ4n) is 3.94. The molecule has 1 amide bonds. The molecule has 96 valence electrons. The van der Waals surface area contributed by atoms with Gasteiger partial charge in [0, 0.05) is 9.85 Å². The van der Waals surface area contributed by atoms with Crippen LogP contribution < -0.4 is 5.32 Å². The minimum Gasteiger partial charge on any atom is -0.375 e. The van der Waals surface area contributed by atoms with Crippen molar-refractivity contribution in [2.45, 2.75) is 25.0 Å². The molecular weight excluding hydrogens is 314 g/mol. The van der Waals surface area contributed by atoms with Crippen molar-refractivity contribution in [1.29, 1.82) is 0 Å². The summed E-state index contributed by atoms with van der Waals surface area (Å²) in [4.78, 5) is 13.0. The number of halogens is 1. The summed E-state index contributed by atoms with van der Waals surface area (Å²) in [5.74, 6) is 2.16. The highest BCUT2D eigenvalue weighted by molar-refractivity contribution is 9.10. The Labute approximate surface area is 118 Å². The Morgan fingerprint density at radius 3 is 3.11 bits per heavy atom. The highest BCUT2D eigenvalue weighted by Gasteiger charge is 2.57. The fraction of sp³-hybridized carbons (Fsp3) is 0.615. The van der Waals surface area contributed by atoms with E-state index in [0.29, 0.717) is 11.8 Å². The number of amides is 1. The van der Waals surface area contributed by atoms with Gasteiger partial charge >= 0.3 is 0 Å². The molecule has 2 heterocycles. The molecular formula is C13H14BrNO2S. The van der Waals surface area contributed by atoms with E-state index >= 15 is 0 Å². The molecule has 1 N–H and O–H groups in total. The minimum absolute atomic E-state index is 0.0512. The first kappa shape index (κ1) is 11.4. The lowest BCUT2D eigenvalue weighted by Gasteiger charge is -2.27. The normalized spacial score (nSPS) is 40.4. The molecule has 5 unspecified atom stereocenters. The van der Waals surface area contributed by atoms with Gasteiger partial charge in [0.1, 0.15) is 0 Å². The van der Waals surface area contributed by atoms with Gasteiger partial charge in [0.25, 0.3) is 5.91 Å². The van der Waals surface area contributed by atoms with E-state index in [1.54, 1.807) is 0 Å². The Kier molecular flexibility index (Phi) is 2.57. The number of thiophene rings is 1. The van der Waals surface area contributed by atoms with Gasteiger partial charge < -0.3 is 10.1 Å². The zero-order valence-electron chi connectivity index (χ0n) is 9.77. The molecule has 1 saturated heterocycles. The van der Waals surface area contributed by atoms with Crippen LogP contribution in [0, 0.1) is 17.8 Å². The van der Waals surface area contributed by atoms with Crippen molar-refractivity contribution in [2.24, 2.45) is 17.8 Å². The molecule has 0 aromatic carbocycles. The Hall–Kier alpha value is -0.390. The SMILES string of the molecule is O=C(NC1C2CC3COC1C3C2)c1cc(Br)cs1. The van der Waals surface area contributed by atoms with Crippen LogP contribution in [0.2, 0.25) is 0 Å². The number of carbonyl (C=O) groups excluding carboxylic acids is 1. The van der Waals surface area contributed by atoms with Gasteiger partial charge in [-0.2, -0.15) is 0 Å². The average Bonchev–Trinajstić information content (AvgIpc) is 3.02. The molecule has 2 aliphatic carbocycles. The predicted molar refractivity (Wildman–Crippen MR) is 72.7 cm³/mol. The molecule has 5 atom stereocenters. The number of carbonyl (C=O) groups is 1. The third kappa shape index (κ3) is 1.60. The Morgan fingerprint density at radius 2 is 2.33 bits per heavy atom. The number of fused-ring (bicyclic) bond motifs is 1. The topological polar surface area (TPSA) is 38.3 Å². The lowest BCUT2D eigenvalue weighted by molar-refractivity contribution is 0.0661. The maximum Gasteiger partial charge on any atom is 0.261 e. The lowest BCUT2D eigenvalue weighted by Crippen LogP contribution is -2.46. The van der Waals surface area contributed by atoms with E-state index in [-0.39, 0.29) is 18.1 Å². The highest BCUT2D eigenvalue weighted by Crippen LogP contribution is 2.53. The van der Waals surface area contributed by atoms with Gasteiger partial charge in [-0.05, 0) is 52.6 Å². The largest absolute Gasteiger partial charge is 0.375 e. The molecule has 5 heteroatoms. The summed E-state index contributed by atoms with van der Waals surface area (Å²) < 4.78 is 6.84. The average molecular weight is 328 g/mol. The van der Waals surface area contributed by atoms with Crippen molar-refractivity contribution < 1.29 is 9.53 Å². The van der Waals surface area contributed by atoms with Gasteiger partial charge in [-0.1, -0.05) is 0 Å². The maximum atomic E-state index is 12.2. The van der Waals surface area contributed by atoms with Crippen LogP contribution in [-0.4, -0.2) is 24.7 Å². The van der Waals surface area contributed by atoms with E-state index < -0.39 is 0 Å². The number of hydrogen-bond acceptors (Lipinski definition) is 3. The van der Waals surface area contributed by atoms with E-state index in [2.05, 4.69) is 21.2 Å². The van der Waals surface area contributed by atoms with Gasteiger partial charge in [-0.3, -0.25) is 4.79 Å². The zero-order valence-corrected chi connectivity index (χ0v) is 12.2. The Morgan fingerprint density at radius 1 is 1.44 bits per heavy atom. The van der Waals surface area contributed by atoms with E-state index in [0.717, 1.165) is 21.9 Å². The van der Waals surface area contributed by atoms with Crippen LogP contribution >= 0.6 is 27.3 Å². The highest BCUT2D eigenvalue weighted by atomic mass is 79.9. The molecule has 2 saturated carbocycles. The van der Waals surface area contributed by atoms with Gasteiger partial charge in [0.15, 0.2) is 0 Å². The second-order valence-electron chi connectivity index (χ2n) is 5.58. The molecule has 3 fully saturated rings. The first-order chi connectivity index (χ1) is 8.72. The third-order valence-electron chi connectivity index (χ3n) is 4.66. The van der Waals surface area contributed by atoms with Crippen molar-refractivity contribution in [1.82, 2.24) is 5.32 Å². The maximum absolute atomic E-state index is 12.2. The van der Waals surface area contributed by atoms with Crippen LogP contribution in [0.1, 0.15) is 22.5 Å². The smallest absolute Gasteiger partial charge is 0.261 e. The first-order valence-electron chi connectivity index (χ1n) is 6.39. The van der Waals surface area contributed by atoms with Crippen molar-refractivity contribution in [3.63, 3.8) is 0 Å². The summed E-state index contributed by atoms with van der Waals surface area (Å²) in [5, 5.41) is 5.14. The predicted octanol–water partition coefficient (Wildman–Crippen LogP) is 2.66. The molecule has 18 heavy (non-hydrogen) atoms. The van der Waals surface area contributed by atoms with Crippen LogP contribution in [0.5, 0.6) is 0 Å². The monoisotopic (exact) mass is 327 g/mol. The van der Waals surface area contributed by atoms with Crippen LogP contribution in [0.4, 0.5) is 0 Å². The second-order valence-corrected chi connectivity index (χ2v) is 7.41. The van der Waals surface area contributed by atoms with E-state index in [1.807, 2.05) is 11.4 Å². The third-order valence-corrected chi connectivity index (χ3v) is 6.35. The summed E-state index contributed by atoms with van der Waals surface area (Å²) in [6.07, 6.45) is 2.76. The molecule has 1 aromatic heterocycles. The zero-order chi connectivity index (χ0) is 12.3. The second kappa shape index (κ2) is 4.05. The molecule has 3 aliphatic rings. The van der Waals surface area contributed by atoms with Crippen LogP contribution in [0.3, 0.4) is 0 Å². The van der Waals surface area contributed by atoms with Crippen molar-refractivity contribution in [3.8, 4) is 0 Å². The summed E-state index contributed by atoms with van der Waals surface area (Å²) in [5.41, 5.74) is 0. The van der Waals surface area contributed by atoms with E-state index in [4.69, 9.17) is 4.74 Å². The molecule has 4 rings (SSSR count). The summed E-state index contributed by atoms with van der Waals surface area (Å²) >= 11 is 4.86. The van der Waals surface area contributed by atoms with E-state index in [9.17, 15) is 4.79 Å². The molecule has 2 bridgehead atoms. The van der Waals surface area contributed by atoms with Crippen molar-refractivity contribution >= 4 is 33.2 Å².